The van der Waals surface area contributed by atoms with Crippen LogP contribution < -0.4 is 10.6 Å². The van der Waals surface area contributed by atoms with E-state index in [-0.39, 0.29) is 0 Å². The van der Waals surface area contributed by atoms with Crippen LogP contribution in [-0.4, -0.2) is 17.0 Å². The van der Waals surface area contributed by atoms with Gasteiger partial charge in [-0.2, -0.15) is 0 Å². The standard InChI is InChI=1S/C14H18N4/c1-9-6-5-7-12(10(9)2)18-14-8-13(15-4)16-11(3)17-14/h5-8H,1-4H3,(H2,15,16,17,18). The quantitative estimate of drug-likeness (QED) is 0.868. The van der Waals surface area contributed by atoms with E-state index >= 15 is 0 Å². The molecule has 0 aliphatic heterocycles. The maximum Gasteiger partial charge on any atom is 0.136 e. The molecule has 0 spiro atoms. The van der Waals surface area contributed by atoms with Crippen molar-refractivity contribution < 1.29 is 0 Å². The monoisotopic (exact) mass is 242 g/mol. The van der Waals surface area contributed by atoms with Crippen molar-refractivity contribution in [2.75, 3.05) is 17.7 Å². The van der Waals surface area contributed by atoms with E-state index in [2.05, 4.69) is 46.6 Å². The van der Waals surface area contributed by atoms with Crippen LogP contribution in [0.15, 0.2) is 24.3 Å². The Morgan fingerprint density at radius 1 is 1.00 bits per heavy atom. The average molecular weight is 242 g/mol. The summed E-state index contributed by atoms with van der Waals surface area (Å²) in [6.07, 6.45) is 0. The minimum absolute atomic E-state index is 0.745. The Balaban J connectivity index is 2.34. The number of aromatic nitrogens is 2. The van der Waals surface area contributed by atoms with Gasteiger partial charge >= 0.3 is 0 Å². The molecule has 1 aromatic heterocycles. The predicted molar refractivity (Wildman–Crippen MR) is 75.5 cm³/mol. The van der Waals surface area contributed by atoms with Gasteiger partial charge in [0.05, 0.1) is 0 Å². The summed E-state index contributed by atoms with van der Waals surface area (Å²) >= 11 is 0. The molecule has 2 N–H and O–H groups in total. The zero-order chi connectivity index (χ0) is 13.1. The number of nitrogens with one attached hydrogen (secondary N) is 2. The number of hydrogen-bond acceptors (Lipinski definition) is 4. The smallest absolute Gasteiger partial charge is 0.136 e. The summed E-state index contributed by atoms with van der Waals surface area (Å²) in [7, 11) is 1.85. The first-order valence-electron chi connectivity index (χ1n) is 5.97. The third-order valence-electron chi connectivity index (χ3n) is 2.96. The van der Waals surface area contributed by atoms with E-state index in [4.69, 9.17) is 0 Å². The maximum atomic E-state index is 4.39. The van der Waals surface area contributed by atoms with Crippen LogP contribution in [0.2, 0.25) is 0 Å². The molecule has 2 rings (SSSR count). The van der Waals surface area contributed by atoms with Gasteiger partial charge in [0.2, 0.25) is 0 Å². The lowest BCUT2D eigenvalue weighted by Gasteiger charge is -2.12. The highest BCUT2D eigenvalue weighted by Crippen LogP contribution is 2.22. The molecule has 18 heavy (non-hydrogen) atoms. The summed E-state index contributed by atoms with van der Waals surface area (Å²) in [6.45, 7) is 6.09. The predicted octanol–water partition coefficient (Wildman–Crippen LogP) is 3.19. The van der Waals surface area contributed by atoms with E-state index in [1.54, 1.807) is 0 Å². The zero-order valence-electron chi connectivity index (χ0n) is 11.2. The molecule has 2 aromatic rings. The van der Waals surface area contributed by atoms with Crippen LogP contribution in [0.3, 0.4) is 0 Å². The Kier molecular flexibility index (Phi) is 3.46. The molecule has 1 heterocycles. The van der Waals surface area contributed by atoms with Crippen molar-refractivity contribution in [2.24, 2.45) is 0 Å². The van der Waals surface area contributed by atoms with Crippen LogP contribution >= 0.6 is 0 Å². The molecule has 94 valence electrons. The van der Waals surface area contributed by atoms with Crippen molar-refractivity contribution in [3.8, 4) is 0 Å². The molecule has 0 unspecified atom stereocenters. The van der Waals surface area contributed by atoms with Crippen molar-refractivity contribution in [1.29, 1.82) is 0 Å². The second kappa shape index (κ2) is 5.04. The highest BCUT2D eigenvalue weighted by Gasteiger charge is 2.04. The van der Waals surface area contributed by atoms with Crippen molar-refractivity contribution in [2.45, 2.75) is 20.8 Å². The number of nitrogens with zero attached hydrogens (tertiary/aromatic N) is 2. The molecule has 0 amide bonds. The van der Waals surface area contributed by atoms with Gasteiger partial charge in [0.15, 0.2) is 0 Å². The lowest BCUT2D eigenvalue weighted by molar-refractivity contribution is 1.05. The van der Waals surface area contributed by atoms with Gasteiger partial charge in [0.25, 0.3) is 0 Å². The zero-order valence-corrected chi connectivity index (χ0v) is 11.2. The van der Waals surface area contributed by atoms with Crippen LogP contribution in [0.25, 0.3) is 0 Å². The molecule has 0 aliphatic carbocycles. The molecule has 4 nitrogen and oxygen atoms in total. The van der Waals surface area contributed by atoms with Gasteiger partial charge in [-0.3, -0.25) is 0 Å². The highest BCUT2D eigenvalue weighted by molar-refractivity contribution is 5.63. The van der Waals surface area contributed by atoms with Crippen molar-refractivity contribution in [1.82, 2.24) is 9.97 Å². The third kappa shape index (κ3) is 2.59. The van der Waals surface area contributed by atoms with Gasteiger partial charge in [-0.15, -0.1) is 0 Å². The molecule has 0 saturated carbocycles. The SMILES string of the molecule is CNc1cc(Nc2cccc(C)c2C)nc(C)n1. The summed E-state index contributed by atoms with van der Waals surface area (Å²) in [5.41, 5.74) is 3.58. The molecule has 0 radical (unpaired) electrons. The van der Waals surface area contributed by atoms with Crippen LogP contribution in [0.5, 0.6) is 0 Å². The van der Waals surface area contributed by atoms with Crippen molar-refractivity contribution >= 4 is 17.3 Å². The van der Waals surface area contributed by atoms with Gasteiger partial charge in [-0.05, 0) is 38.0 Å². The fourth-order valence-electron chi connectivity index (χ4n) is 1.78. The first kappa shape index (κ1) is 12.4. The van der Waals surface area contributed by atoms with E-state index in [0.717, 1.165) is 23.1 Å². The van der Waals surface area contributed by atoms with Gasteiger partial charge < -0.3 is 10.6 Å². The van der Waals surface area contributed by atoms with E-state index in [9.17, 15) is 0 Å². The Morgan fingerprint density at radius 3 is 2.44 bits per heavy atom. The second-order valence-corrected chi connectivity index (χ2v) is 4.31. The molecule has 4 heteroatoms. The van der Waals surface area contributed by atoms with Crippen LogP contribution in [-0.2, 0) is 0 Å². The number of benzene rings is 1. The van der Waals surface area contributed by atoms with Crippen LogP contribution in [0, 0.1) is 20.8 Å². The molecule has 0 aliphatic rings. The van der Waals surface area contributed by atoms with Gasteiger partial charge in [-0.1, -0.05) is 12.1 Å². The molecular weight excluding hydrogens is 224 g/mol. The summed E-state index contributed by atoms with van der Waals surface area (Å²) in [6, 6.07) is 8.09. The first-order valence-corrected chi connectivity index (χ1v) is 5.97. The Morgan fingerprint density at radius 2 is 1.72 bits per heavy atom. The van der Waals surface area contributed by atoms with Crippen molar-refractivity contribution in [3.05, 3.63) is 41.2 Å². The molecule has 0 bridgehead atoms. The summed E-state index contributed by atoms with van der Waals surface area (Å²) < 4.78 is 0. The van der Waals surface area contributed by atoms with E-state index in [1.165, 1.54) is 11.1 Å². The molecule has 0 atom stereocenters. The molecular formula is C14H18N4. The highest BCUT2D eigenvalue weighted by atomic mass is 15.1. The number of aryl methyl sites for hydroxylation is 2. The Bertz CT molecular complexity index is 564. The Labute approximate surface area is 107 Å². The lowest BCUT2D eigenvalue weighted by atomic mass is 10.1. The van der Waals surface area contributed by atoms with Gasteiger partial charge in [-0.25, -0.2) is 9.97 Å². The largest absolute Gasteiger partial charge is 0.373 e. The topological polar surface area (TPSA) is 49.8 Å². The average Bonchev–Trinajstić information content (AvgIpc) is 2.34. The Hall–Kier alpha value is -2.10. The molecule has 0 fully saturated rings. The first-order chi connectivity index (χ1) is 8.60. The molecule has 0 saturated heterocycles. The molecule has 1 aromatic carbocycles. The fraction of sp³-hybridized carbons (Fsp3) is 0.286. The third-order valence-corrected chi connectivity index (χ3v) is 2.96. The van der Waals surface area contributed by atoms with Crippen LogP contribution in [0.4, 0.5) is 17.3 Å². The minimum atomic E-state index is 0.745. The van der Waals surface area contributed by atoms with E-state index in [0.29, 0.717) is 0 Å². The minimum Gasteiger partial charge on any atom is -0.373 e. The van der Waals surface area contributed by atoms with Gasteiger partial charge in [0.1, 0.15) is 17.5 Å². The summed E-state index contributed by atoms with van der Waals surface area (Å²) in [5.74, 6) is 2.37. The lowest BCUT2D eigenvalue weighted by Crippen LogP contribution is -2.02. The fourth-order valence-corrected chi connectivity index (χ4v) is 1.78. The van der Waals surface area contributed by atoms with E-state index in [1.807, 2.05) is 26.1 Å². The number of anilines is 3. The normalized spacial score (nSPS) is 10.2. The van der Waals surface area contributed by atoms with Crippen molar-refractivity contribution in [3.63, 3.8) is 0 Å². The summed E-state index contributed by atoms with van der Waals surface area (Å²) in [5, 5.41) is 6.37. The number of hydrogen-bond donors (Lipinski definition) is 2. The second-order valence-electron chi connectivity index (χ2n) is 4.31. The van der Waals surface area contributed by atoms with E-state index < -0.39 is 0 Å². The van der Waals surface area contributed by atoms with Crippen LogP contribution in [0.1, 0.15) is 17.0 Å². The van der Waals surface area contributed by atoms with Gasteiger partial charge in [0, 0.05) is 18.8 Å². The summed E-state index contributed by atoms with van der Waals surface area (Å²) in [4.78, 5) is 8.66. The maximum absolute atomic E-state index is 4.39. The number of rotatable bonds is 3.